The van der Waals surface area contributed by atoms with Crippen LogP contribution < -0.4 is 10.6 Å². The average molecular weight is 366 g/mol. The Morgan fingerprint density at radius 3 is 2.63 bits per heavy atom. The van der Waals surface area contributed by atoms with Gasteiger partial charge in [-0.3, -0.25) is 4.79 Å². The van der Waals surface area contributed by atoms with Gasteiger partial charge in [-0.2, -0.15) is 0 Å². The quantitative estimate of drug-likeness (QED) is 0.664. The predicted molar refractivity (Wildman–Crippen MR) is 106 cm³/mol. The number of anilines is 1. The molecule has 142 valence electrons. The van der Waals surface area contributed by atoms with Gasteiger partial charge in [0.15, 0.2) is 0 Å². The standard InChI is InChI=1S/C22H26N2O3/c1-2-3-6-15-9-11-16(12-10-15)21(25)24-20(22(26)27)13-17-14-23-19-8-5-4-7-18(17)19/h4-5,7-12,17,20,23H,2-3,6,13-14H2,1H3,(H,24,25)(H,26,27)/t17-,20-/m1/s1. The van der Waals surface area contributed by atoms with Gasteiger partial charge in [0.05, 0.1) is 0 Å². The number of hydrogen-bond donors (Lipinski definition) is 3. The van der Waals surface area contributed by atoms with Crippen LogP contribution in [0.2, 0.25) is 0 Å². The van der Waals surface area contributed by atoms with E-state index in [0.717, 1.165) is 30.5 Å². The van der Waals surface area contributed by atoms with E-state index < -0.39 is 12.0 Å². The maximum absolute atomic E-state index is 12.5. The van der Waals surface area contributed by atoms with Gasteiger partial charge in [0.25, 0.3) is 5.91 Å². The van der Waals surface area contributed by atoms with Gasteiger partial charge in [-0.25, -0.2) is 4.79 Å². The molecule has 2 aromatic carbocycles. The van der Waals surface area contributed by atoms with Crippen molar-refractivity contribution >= 4 is 17.6 Å². The topological polar surface area (TPSA) is 78.4 Å². The van der Waals surface area contributed by atoms with Crippen LogP contribution in [-0.2, 0) is 11.2 Å². The third kappa shape index (κ3) is 4.67. The number of rotatable bonds is 8. The van der Waals surface area contributed by atoms with Crippen molar-refractivity contribution in [2.24, 2.45) is 0 Å². The Morgan fingerprint density at radius 2 is 1.93 bits per heavy atom. The van der Waals surface area contributed by atoms with E-state index in [1.54, 1.807) is 12.1 Å². The first-order valence-corrected chi connectivity index (χ1v) is 9.54. The second-order valence-electron chi connectivity index (χ2n) is 7.07. The molecule has 0 aliphatic carbocycles. The average Bonchev–Trinajstić information content (AvgIpc) is 3.09. The molecule has 1 aliphatic heterocycles. The van der Waals surface area contributed by atoms with Gasteiger partial charge < -0.3 is 15.7 Å². The van der Waals surface area contributed by atoms with Gasteiger partial charge in [0, 0.05) is 23.7 Å². The summed E-state index contributed by atoms with van der Waals surface area (Å²) >= 11 is 0. The largest absolute Gasteiger partial charge is 0.480 e. The maximum atomic E-state index is 12.5. The van der Waals surface area contributed by atoms with Crippen molar-refractivity contribution in [3.8, 4) is 0 Å². The fourth-order valence-electron chi connectivity index (χ4n) is 3.52. The summed E-state index contributed by atoms with van der Waals surface area (Å²) in [6.07, 6.45) is 3.59. The van der Waals surface area contributed by atoms with E-state index in [1.807, 2.05) is 36.4 Å². The minimum atomic E-state index is -1.01. The molecular weight excluding hydrogens is 340 g/mol. The first-order chi connectivity index (χ1) is 13.1. The van der Waals surface area contributed by atoms with Crippen molar-refractivity contribution in [3.63, 3.8) is 0 Å². The highest BCUT2D eigenvalue weighted by Crippen LogP contribution is 2.34. The second-order valence-corrected chi connectivity index (χ2v) is 7.07. The van der Waals surface area contributed by atoms with Crippen LogP contribution in [0.5, 0.6) is 0 Å². The molecule has 0 spiro atoms. The molecule has 0 unspecified atom stereocenters. The molecule has 0 aromatic heterocycles. The third-order valence-corrected chi connectivity index (χ3v) is 5.10. The van der Waals surface area contributed by atoms with E-state index in [0.29, 0.717) is 18.5 Å². The number of para-hydroxylation sites is 1. The monoisotopic (exact) mass is 366 g/mol. The number of amides is 1. The van der Waals surface area contributed by atoms with Crippen molar-refractivity contribution in [1.29, 1.82) is 0 Å². The molecule has 1 heterocycles. The molecule has 2 aromatic rings. The van der Waals surface area contributed by atoms with E-state index in [2.05, 4.69) is 17.6 Å². The highest BCUT2D eigenvalue weighted by Gasteiger charge is 2.29. The maximum Gasteiger partial charge on any atom is 0.326 e. The van der Waals surface area contributed by atoms with Crippen molar-refractivity contribution in [1.82, 2.24) is 5.32 Å². The van der Waals surface area contributed by atoms with Gasteiger partial charge >= 0.3 is 5.97 Å². The van der Waals surface area contributed by atoms with E-state index in [9.17, 15) is 14.7 Å². The van der Waals surface area contributed by atoms with Crippen molar-refractivity contribution < 1.29 is 14.7 Å². The second kappa shape index (κ2) is 8.71. The molecule has 0 saturated carbocycles. The fourth-order valence-corrected chi connectivity index (χ4v) is 3.52. The number of aliphatic carboxylic acids is 1. The molecule has 0 radical (unpaired) electrons. The smallest absolute Gasteiger partial charge is 0.326 e. The number of benzene rings is 2. The van der Waals surface area contributed by atoms with Crippen LogP contribution >= 0.6 is 0 Å². The SMILES string of the molecule is CCCCc1ccc(C(=O)N[C@H](C[C@@H]2CNc3ccccc32)C(=O)O)cc1. The van der Waals surface area contributed by atoms with Gasteiger partial charge in [-0.1, -0.05) is 43.7 Å². The van der Waals surface area contributed by atoms with E-state index in [4.69, 9.17) is 0 Å². The number of nitrogens with one attached hydrogen (secondary N) is 2. The van der Waals surface area contributed by atoms with Crippen molar-refractivity contribution in [3.05, 3.63) is 65.2 Å². The van der Waals surface area contributed by atoms with Gasteiger partial charge in [0.1, 0.15) is 6.04 Å². The van der Waals surface area contributed by atoms with Gasteiger partial charge in [0.2, 0.25) is 0 Å². The lowest BCUT2D eigenvalue weighted by atomic mass is 9.93. The molecule has 2 atom stereocenters. The number of carbonyl (C=O) groups is 2. The summed E-state index contributed by atoms with van der Waals surface area (Å²) in [7, 11) is 0. The van der Waals surface area contributed by atoms with Crippen LogP contribution in [0.1, 0.15) is 53.6 Å². The first kappa shape index (κ1) is 19.0. The number of fused-ring (bicyclic) bond motifs is 1. The molecule has 3 rings (SSSR count). The molecule has 0 saturated heterocycles. The van der Waals surface area contributed by atoms with Crippen LogP contribution in [0.25, 0.3) is 0 Å². The van der Waals surface area contributed by atoms with Gasteiger partial charge in [-0.15, -0.1) is 0 Å². The molecule has 3 N–H and O–H groups in total. The van der Waals surface area contributed by atoms with E-state index in [1.165, 1.54) is 5.56 Å². The molecule has 27 heavy (non-hydrogen) atoms. The number of carboxylic acid groups (broad SMARTS) is 1. The van der Waals surface area contributed by atoms with E-state index >= 15 is 0 Å². The summed E-state index contributed by atoms with van der Waals surface area (Å²) in [4.78, 5) is 24.2. The summed E-state index contributed by atoms with van der Waals surface area (Å²) in [6, 6.07) is 14.4. The molecule has 1 aliphatic rings. The normalized spacial score (nSPS) is 16.3. The molecule has 5 nitrogen and oxygen atoms in total. The zero-order valence-electron chi connectivity index (χ0n) is 15.6. The molecular formula is C22H26N2O3. The Balaban J connectivity index is 1.64. The Bertz CT molecular complexity index is 801. The molecule has 5 heteroatoms. The Labute approximate surface area is 159 Å². The Morgan fingerprint density at radius 1 is 1.19 bits per heavy atom. The summed E-state index contributed by atoms with van der Waals surface area (Å²) in [5.74, 6) is -1.28. The molecule has 1 amide bonds. The lowest BCUT2D eigenvalue weighted by Crippen LogP contribution is -2.42. The number of aryl methyl sites for hydroxylation is 1. The highest BCUT2D eigenvalue weighted by atomic mass is 16.4. The zero-order chi connectivity index (χ0) is 19.2. The minimum Gasteiger partial charge on any atom is -0.480 e. The van der Waals surface area contributed by atoms with Gasteiger partial charge in [-0.05, 0) is 48.6 Å². The minimum absolute atomic E-state index is 0.0685. The number of carbonyl (C=O) groups excluding carboxylic acids is 1. The van der Waals surface area contributed by atoms with Crippen LogP contribution in [0.15, 0.2) is 48.5 Å². The third-order valence-electron chi connectivity index (χ3n) is 5.10. The highest BCUT2D eigenvalue weighted by molar-refractivity contribution is 5.96. The van der Waals surface area contributed by atoms with Crippen LogP contribution in [0.3, 0.4) is 0 Å². The molecule has 0 fully saturated rings. The predicted octanol–water partition coefficient (Wildman–Crippen LogP) is 3.81. The van der Waals surface area contributed by atoms with Crippen LogP contribution in [0, 0.1) is 0 Å². The Kier molecular flexibility index (Phi) is 6.12. The summed E-state index contributed by atoms with van der Waals surface area (Å²) < 4.78 is 0. The van der Waals surface area contributed by atoms with E-state index in [-0.39, 0.29) is 11.8 Å². The Hall–Kier alpha value is -2.82. The van der Waals surface area contributed by atoms with Crippen molar-refractivity contribution in [2.45, 2.75) is 44.6 Å². The summed E-state index contributed by atoms with van der Waals surface area (Å²) in [5, 5.41) is 15.6. The van der Waals surface area contributed by atoms with Crippen LogP contribution in [0.4, 0.5) is 5.69 Å². The number of hydrogen-bond acceptors (Lipinski definition) is 3. The zero-order valence-corrected chi connectivity index (χ0v) is 15.6. The first-order valence-electron chi connectivity index (χ1n) is 9.54. The fraction of sp³-hybridized carbons (Fsp3) is 0.364. The number of carboxylic acids is 1. The summed E-state index contributed by atoms with van der Waals surface area (Å²) in [5.41, 5.74) is 3.84. The lowest BCUT2D eigenvalue weighted by Gasteiger charge is -2.18. The number of unbranched alkanes of at least 4 members (excludes halogenated alkanes) is 1. The van der Waals surface area contributed by atoms with Crippen molar-refractivity contribution in [2.75, 3.05) is 11.9 Å². The summed E-state index contributed by atoms with van der Waals surface area (Å²) in [6.45, 7) is 2.83. The van der Waals surface area contributed by atoms with Crippen LogP contribution in [-0.4, -0.2) is 29.6 Å². The lowest BCUT2D eigenvalue weighted by molar-refractivity contribution is -0.139. The molecule has 0 bridgehead atoms.